The van der Waals surface area contributed by atoms with Crippen molar-refractivity contribution in [3.63, 3.8) is 0 Å². The Morgan fingerprint density at radius 2 is 1.89 bits per heavy atom. The van der Waals surface area contributed by atoms with E-state index in [9.17, 15) is 9.18 Å². The summed E-state index contributed by atoms with van der Waals surface area (Å²) in [5, 5.41) is 2.77. The zero-order valence-electron chi connectivity index (χ0n) is 10.1. The number of halogens is 2. The van der Waals surface area contributed by atoms with E-state index in [1.807, 2.05) is 30.5 Å². The first-order valence-electron chi connectivity index (χ1n) is 5.50. The minimum atomic E-state index is -0.382. The first-order valence-corrected chi connectivity index (χ1v) is 7.52. The van der Waals surface area contributed by atoms with E-state index in [1.165, 1.54) is 18.2 Å². The van der Waals surface area contributed by atoms with Crippen molar-refractivity contribution < 1.29 is 9.18 Å². The summed E-state index contributed by atoms with van der Waals surface area (Å²) in [7, 11) is 0. The van der Waals surface area contributed by atoms with Crippen LogP contribution >= 0.6 is 27.7 Å². The van der Waals surface area contributed by atoms with Gasteiger partial charge in [0.1, 0.15) is 5.82 Å². The number of hydrogen-bond acceptors (Lipinski definition) is 2. The van der Waals surface area contributed by atoms with Crippen LogP contribution in [0.1, 0.15) is 10.4 Å². The normalized spacial score (nSPS) is 10.3. The molecule has 0 spiro atoms. The van der Waals surface area contributed by atoms with Crippen molar-refractivity contribution in [2.45, 2.75) is 4.90 Å². The summed E-state index contributed by atoms with van der Waals surface area (Å²) in [5.41, 5.74) is 1.11. The molecule has 0 aliphatic carbocycles. The maximum absolute atomic E-state index is 13.0. The average Bonchev–Trinajstić information content (AvgIpc) is 2.39. The molecular weight excluding hydrogens is 329 g/mol. The van der Waals surface area contributed by atoms with Crippen LogP contribution in [-0.4, -0.2) is 12.2 Å². The first-order chi connectivity index (χ1) is 9.10. The van der Waals surface area contributed by atoms with Gasteiger partial charge in [0, 0.05) is 15.1 Å². The number of thioether (sulfide) groups is 1. The Bertz CT molecular complexity index is 601. The van der Waals surface area contributed by atoms with Gasteiger partial charge < -0.3 is 5.32 Å². The number of carbonyl (C=O) groups excluding carboxylic acids is 1. The van der Waals surface area contributed by atoms with Crippen LogP contribution in [0.4, 0.5) is 10.1 Å². The standard InChI is InChI=1S/C14H11BrFNOS/c1-19-11-5-3-10(4-6-11)17-14(18)12-7-2-9(16)8-13(12)15/h2-8H,1H3,(H,17,18). The van der Waals surface area contributed by atoms with Crippen LogP contribution in [0, 0.1) is 5.82 Å². The van der Waals surface area contributed by atoms with Gasteiger partial charge in [-0.15, -0.1) is 11.8 Å². The van der Waals surface area contributed by atoms with E-state index in [0.29, 0.717) is 15.7 Å². The van der Waals surface area contributed by atoms with E-state index in [1.54, 1.807) is 11.8 Å². The molecule has 19 heavy (non-hydrogen) atoms. The van der Waals surface area contributed by atoms with E-state index in [0.717, 1.165) is 4.90 Å². The second-order valence-corrected chi connectivity index (χ2v) is 5.54. The van der Waals surface area contributed by atoms with Gasteiger partial charge in [-0.25, -0.2) is 4.39 Å². The van der Waals surface area contributed by atoms with Crippen molar-refractivity contribution in [1.82, 2.24) is 0 Å². The van der Waals surface area contributed by atoms with Crippen LogP contribution in [0.3, 0.4) is 0 Å². The van der Waals surface area contributed by atoms with Crippen LogP contribution in [-0.2, 0) is 0 Å². The summed E-state index contributed by atoms with van der Waals surface area (Å²) >= 11 is 4.81. The van der Waals surface area contributed by atoms with Gasteiger partial charge in [0.15, 0.2) is 0 Å². The Kier molecular flexibility index (Phi) is 4.61. The molecule has 0 saturated heterocycles. The summed E-state index contributed by atoms with van der Waals surface area (Å²) in [6.45, 7) is 0. The van der Waals surface area contributed by atoms with Gasteiger partial charge >= 0.3 is 0 Å². The van der Waals surface area contributed by atoms with Crippen LogP contribution < -0.4 is 5.32 Å². The number of benzene rings is 2. The van der Waals surface area contributed by atoms with Crippen molar-refractivity contribution in [2.75, 3.05) is 11.6 Å². The molecule has 0 aliphatic heterocycles. The fourth-order valence-electron chi connectivity index (χ4n) is 1.55. The molecule has 5 heteroatoms. The molecule has 0 fully saturated rings. The summed E-state index contributed by atoms with van der Waals surface area (Å²) in [6, 6.07) is 11.5. The van der Waals surface area contributed by atoms with Gasteiger partial charge in [0.05, 0.1) is 5.56 Å². The first kappa shape index (κ1) is 14.1. The molecule has 98 valence electrons. The number of hydrogen-bond donors (Lipinski definition) is 1. The van der Waals surface area contributed by atoms with Gasteiger partial charge in [-0.1, -0.05) is 0 Å². The SMILES string of the molecule is CSc1ccc(NC(=O)c2ccc(F)cc2Br)cc1. The minimum Gasteiger partial charge on any atom is -0.322 e. The molecular formula is C14H11BrFNOS. The predicted octanol–water partition coefficient (Wildman–Crippen LogP) is 4.56. The molecule has 0 aliphatic rings. The largest absolute Gasteiger partial charge is 0.322 e. The van der Waals surface area contributed by atoms with Gasteiger partial charge in [-0.2, -0.15) is 0 Å². The molecule has 2 aromatic carbocycles. The molecule has 0 atom stereocenters. The van der Waals surface area contributed by atoms with E-state index in [-0.39, 0.29) is 11.7 Å². The minimum absolute atomic E-state index is 0.274. The van der Waals surface area contributed by atoms with Gasteiger partial charge in [0.2, 0.25) is 0 Å². The molecule has 1 amide bonds. The number of nitrogens with one attached hydrogen (secondary N) is 1. The smallest absolute Gasteiger partial charge is 0.256 e. The Morgan fingerprint density at radius 3 is 2.47 bits per heavy atom. The van der Waals surface area contributed by atoms with Crippen LogP contribution in [0.15, 0.2) is 51.8 Å². The highest BCUT2D eigenvalue weighted by atomic mass is 79.9. The van der Waals surface area contributed by atoms with E-state index < -0.39 is 0 Å². The van der Waals surface area contributed by atoms with Gasteiger partial charge in [-0.05, 0) is 64.7 Å². The second-order valence-electron chi connectivity index (χ2n) is 3.81. The third-order valence-electron chi connectivity index (χ3n) is 2.52. The van der Waals surface area contributed by atoms with Crippen LogP contribution in [0.25, 0.3) is 0 Å². The number of rotatable bonds is 3. The molecule has 0 saturated carbocycles. The summed E-state index contributed by atoms with van der Waals surface area (Å²) < 4.78 is 13.4. The van der Waals surface area contributed by atoms with E-state index in [4.69, 9.17) is 0 Å². The molecule has 2 rings (SSSR count). The quantitative estimate of drug-likeness (QED) is 0.830. The molecule has 2 aromatic rings. The van der Waals surface area contributed by atoms with Gasteiger partial charge in [0.25, 0.3) is 5.91 Å². The Morgan fingerprint density at radius 1 is 1.21 bits per heavy atom. The topological polar surface area (TPSA) is 29.1 Å². The third kappa shape index (κ3) is 3.58. The van der Waals surface area contributed by atoms with Gasteiger partial charge in [-0.3, -0.25) is 4.79 Å². The number of carbonyl (C=O) groups is 1. The summed E-state index contributed by atoms with van der Waals surface area (Å²) in [5.74, 6) is -0.656. The highest BCUT2D eigenvalue weighted by Crippen LogP contribution is 2.21. The lowest BCUT2D eigenvalue weighted by molar-refractivity contribution is 0.102. The zero-order valence-corrected chi connectivity index (χ0v) is 12.5. The highest BCUT2D eigenvalue weighted by molar-refractivity contribution is 9.10. The fraction of sp³-hybridized carbons (Fsp3) is 0.0714. The molecule has 2 nitrogen and oxygen atoms in total. The highest BCUT2D eigenvalue weighted by Gasteiger charge is 2.10. The Labute approximate surface area is 123 Å². The van der Waals surface area contributed by atoms with Crippen molar-refractivity contribution in [2.24, 2.45) is 0 Å². The maximum atomic E-state index is 13.0. The predicted molar refractivity (Wildman–Crippen MR) is 80.3 cm³/mol. The lowest BCUT2D eigenvalue weighted by Crippen LogP contribution is -2.12. The van der Waals surface area contributed by atoms with Crippen molar-refractivity contribution in [3.8, 4) is 0 Å². The average molecular weight is 340 g/mol. The fourth-order valence-corrected chi connectivity index (χ4v) is 2.49. The molecule has 0 bridgehead atoms. The van der Waals surface area contributed by atoms with Crippen LogP contribution in [0.5, 0.6) is 0 Å². The summed E-state index contributed by atoms with van der Waals surface area (Å²) in [6.07, 6.45) is 1.99. The Balaban J connectivity index is 2.15. The number of anilines is 1. The molecule has 0 unspecified atom stereocenters. The lowest BCUT2D eigenvalue weighted by atomic mass is 10.2. The monoisotopic (exact) mass is 339 g/mol. The third-order valence-corrected chi connectivity index (χ3v) is 3.92. The Hall–Kier alpha value is -1.33. The van der Waals surface area contributed by atoms with Crippen molar-refractivity contribution in [3.05, 3.63) is 58.3 Å². The second kappa shape index (κ2) is 6.21. The molecule has 0 radical (unpaired) electrons. The van der Waals surface area contributed by atoms with Crippen LogP contribution in [0.2, 0.25) is 0 Å². The lowest BCUT2D eigenvalue weighted by Gasteiger charge is -2.07. The van der Waals surface area contributed by atoms with E-state index >= 15 is 0 Å². The van der Waals surface area contributed by atoms with E-state index in [2.05, 4.69) is 21.2 Å². The van der Waals surface area contributed by atoms with Crippen molar-refractivity contribution >= 4 is 39.3 Å². The zero-order chi connectivity index (χ0) is 13.8. The number of amides is 1. The molecule has 0 heterocycles. The summed E-state index contributed by atoms with van der Waals surface area (Å²) in [4.78, 5) is 13.2. The maximum Gasteiger partial charge on any atom is 0.256 e. The van der Waals surface area contributed by atoms with Crippen molar-refractivity contribution in [1.29, 1.82) is 0 Å². The molecule has 1 N–H and O–H groups in total. The molecule has 0 aromatic heterocycles.